The highest BCUT2D eigenvalue weighted by atomic mass is 16.3. The number of benzene rings is 4. The molecular weight excluding hydrogens is 599 g/mol. The minimum Gasteiger partial charge on any atom is -0.456 e. The van der Waals surface area contributed by atoms with E-state index >= 15 is 0 Å². The second-order valence-corrected chi connectivity index (χ2v) is 13.7. The van der Waals surface area contributed by atoms with Gasteiger partial charge in [0.25, 0.3) is 12.1 Å². The van der Waals surface area contributed by atoms with E-state index in [4.69, 9.17) is 4.42 Å². The van der Waals surface area contributed by atoms with Gasteiger partial charge in [0.15, 0.2) is 18.4 Å². The lowest BCUT2D eigenvalue weighted by atomic mass is 9.93. The van der Waals surface area contributed by atoms with E-state index in [1.165, 1.54) is 61.3 Å². The van der Waals surface area contributed by atoms with Gasteiger partial charge in [-0.25, -0.2) is 4.58 Å². The fourth-order valence-corrected chi connectivity index (χ4v) is 8.35. The minimum absolute atomic E-state index is 0.0739. The van der Waals surface area contributed by atoms with Crippen LogP contribution in [-0.4, -0.2) is 22.9 Å². The fraction of sp³-hybridized carbons (Fsp3) is 0.178. The van der Waals surface area contributed by atoms with Crippen molar-refractivity contribution in [3.05, 3.63) is 168 Å². The Hall–Kier alpha value is -5.61. The van der Waals surface area contributed by atoms with Crippen LogP contribution in [0.4, 0.5) is 0 Å². The van der Waals surface area contributed by atoms with Gasteiger partial charge in [-0.05, 0) is 74.4 Å². The number of aromatic nitrogens is 2. The van der Waals surface area contributed by atoms with E-state index in [9.17, 15) is 0 Å². The number of hydrogen-bond donors (Lipinski definition) is 0. The van der Waals surface area contributed by atoms with E-state index in [1.807, 2.05) is 6.07 Å². The minimum atomic E-state index is 0.0739. The smallest absolute Gasteiger partial charge is 0.281 e. The molecule has 3 aromatic heterocycles. The number of hydrogen-bond acceptors (Lipinski definition) is 1. The number of pyridine rings is 2. The third kappa shape index (κ3) is 4.85. The number of furan rings is 1. The average molecular weight is 639 g/mol. The van der Waals surface area contributed by atoms with Crippen LogP contribution in [0.5, 0.6) is 0 Å². The summed E-state index contributed by atoms with van der Waals surface area (Å²) in [4.78, 5) is 0. The Kier molecular flexibility index (Phi) is 7.12. The summed E-state index contributed by atoms with van der Waals surface area (Å²) >= 11 is 0. The van der Waals surface area contributed by atoms with Crippen LogP contribution in [-0.2, 0) is 0 Å². The number of allylic oxidation sites excluding steroid dienone is 1. The molecule has 5 heterocycles. The molecule has 0 bridgehead atoms. The monoisotopic (exact) mass is 638 g/mol. The van der Waals surface area contributed by atoms with Gasteiger partial charge in [-0.2, -0.15) is 9.13 Å². The predicted octanol–water partition coefficient (Wildman–Crippen LogP) is 9.11. The van der Waals surface area contributed by atoms with Crippen molar-refractivity contribution in [3.63, 3.8) is 0 Å². The zero-order valence-electron chi connectivity index (χ0n) is 28.3. The van der Waals surface area contributed by atoms with Crippen LogP contribution in [0.25, 0.3) is 44.5 Å². The highest BCUT2D eigenvalue weighted by Gasteiger charge is 2.50. The van der Waals surface area contributed by atoms with Crippen molar-refractivity contribution < 1.29 is 18.1 Å². The molecule has 4 heteroatoms. The first kappa shape index (κ1) is 29.5. The molecule has 0 N–H and O–H groups in total. The third-order valence-electron chi connectivity index (χ3n) is 10.8. The van der Waals surface area contributed by atoms with E-state index in [-0.39, 0.29) is 12.1 Å². The SMILES string of the molecule is Cc1cc2c(cc1C1=[N+](CC(C3c4ccccc4-c4cccc[n+]43)[n+]3ccccc3-c3ccccc3C)C(C)CC=C1)oc1ccccc12. The molecule has 238 valence electrons. The Morgan fingerprint density at radius 1 is 0.673 bits per heavy atom. The maximum atomic E-state index is 6.42. The van der Waals surface area contributed by atoms with Gasteiger partial charge in [0.1, 0.15) is 11.2 Å². The van der Waals surface area contributed by atoms with Crippen molar-refractivity contribution >= 4 is 27.7 Å². The van der Waals surface area contributed by atoms with E-state index in [1.54, 1.807) is 0 Å². The van der Waals surface area contributed by atoms with Gasteiger partial charge in [-0.15, -0.1) is 0 Å². The standard InChI is InChI=1S/C45H40N3O/c1-30-15-4-5-17-33(30)39-21-10-12-25-46(39)42(45-36-20-7-6-18-34(36)40-22-11-13-26-47(40)45)29-48-32(3)16-14-23-41(48)37-28-44-38(27-31(37)2)35-19-8-9-24-43(35)49-44/h4-15,17-28,32,42,45H,16,29H2,1-3H3/q+3. The van der Waals surface area contributed by atoms with Crippen LogP contribution in [0.15, 0.2) is 150 Å². The molecule has 0 spiro atoms. The van der Waals surface area contributed by atoms with Gasteiger partial charge in [0.05, 0.1) is 11.1 Å². The summed E-state index contributed by atoms with van der Waals surface area (Å²) in [6, 6.07) is 44.4. The highest BCUT2D eigenvalue weighted by Crippen LogP contribution is 2.39. The number of rotatable bonds is 6. The van der Waals surface area contributed by atoms with E-state index in [0.29, 0.717) is 6.04 Å². The molecule has 49 heavy (non-hydrogen) atoms. The highest BCUT2D eigenvalue weighted by molar-refractivity contribution is 6.12. The average Bonchev–Trinajstić information content (AvgIpc) is 3.66. The molecule has 0 saturated carbocycles. The number of nitrogens with zero attached hydrogens (tertiary/aromatic N) is 3. The summed E-state index contributed by atoms with van der Waals surface area (Å²) in [7, 11) is 0. The molecule has 3 unspecified atom stereocenters. The number of para-hydroxylation sites is 1. The molecule has 0 aliphatic carbocycles. The van der Waals surface area contributed by atoms with Crippen LogP contribution in [0.3, 0.4) is 0 Å². The van der Waals surface area contributed by atoms with Crippen molar-refractivity contribution in [1.82, 2.24) is 0 Å². The summed E-state index contributed by atoms with van der Waals surface area (Å²) in [5.41, 5.74) is 13.3. The van der Waals surface area contributed by atoms with Crippen LogP contribution in [0.2, 0.25) is 0 Å². The second kappa shape index (κ2) is 11.8. The molecule has 9 rings (SSSR count). The summed E-state index contributed by atoms with van der Waals surface area (Å²) in [6.07, 6.45) is 10.3. The first-order valence-electron chi connectivity index (χ1n) is 17.4. The molecule has 0 fully saturated rings. The van der Waals surface area contributed by atoms with Gasteiger partial charge >= 0.3 is 0 Å². The van der Waals surface area contributed by atoms with Crippen LogP contribution in [0.1, 0.15) is 47.7 Å². The topological polar surface area (TPSA) is 23.9 Å². The van der Waals surface area contributed by atoms with Gasteiger partial charge in [0.2, 0.25) is 23.6 Å². The lowest BCUT2D eigenvalue weighted by Crippen LogP contribution is -2.56. The molecule has 4 aromatic carbocycles. The maximum Gasteiger partial charge on any atom is 0.281 e. The zero-order chi connectivity index (χ0) is 33.1. The van der Waals surface area contributed by atoms with Crippen LogP contribution in [0, 0.1) is 13.8 Å². The molecule has 7 aromatic rings. The molecule has 2 aliphatic rings. The van der Waals surface area contributed by atoms with E-state index in [2.05, 4.69) is 174 Å². The number of fused-ring (bicyclic) bond motifs is 6. The second-order valence-electron chi connectivity index (χ2n) is 13.7. The molecule has 0 amide bonds. The third-order valence-corrected chi connectivity index (χ3v) is 10.8. The lowest BCUT2D eigenvalue weighted by molar-refractivity contribution is -0.814. The van der Waals surface area contributed by atoms with Crippen LogP contribution >= 0.6 is 0 Å². The van der Waals surface area contributed by atoms with Crippen LogP contribution < -0.4 is 9.13 Å². The van der Waals surface area contributed by atoms with Gasteiger partial charge < -0.3 is 4.42 Å². The van der Waals surface area contributed by atoms with Gasteiger partial charge in [-0.3, -0.25) is 0 Å². The zero-order valence-corrected chi connectivity index (χ0v) is 28.3. The Morgan fingerprint density at radius 3 is 2.29 bits per heavy atom. The van der Waals surface area contributed by atoms with E-state index < -0.39 is 0 Å². The maximum absolute atomic E-state index is 6.42. The summed E-state index contributed by atoms with van der Waals surface area (Å²) < 4.78 is 14.1. The van der Waals surface area contributed by atoms with Gasteiger partial charge in [-0.1, -0.05) is 60.7 Å². The fourth-order valence-electron chi connectivity index (χ4n) is 8.35. The summed E-state index contributed by atoms with van der Waals surface area (Å²) in [5, 5.41) is 2.34. The Bertz CT molecular complexity index is 2420. The normalized spacial score (nSPS) is 17.4. The Balaban J connectivity index is 1.27. The molecule has 0 saturated heterocycles. The molecule has 0 radical (unpaired) electrons. The van der Waals surface area contributed by atoms with Crippen molar-refractivity contribution in [1.29, 1.82) is 0 Å². The van der Waals surface area contributed by atoms with Crippen molar-refractivity contribution in [2.24, 2.45) is 0 Å². The van der Waals surface area contributed by atoms with Crippen molar-refractivity contribution in [3.8, 4) is 22.5 Å². The van der Waals surface area contributed by atoms with Gasteiger partial charge in [0, 0.05) is 58.7 Å². The quantitative estimate of drug-likeness (QED) is 0.167. The largest absolute Gasteiger partial charge is 0.456 e. The summed E-state index contributed by atoms with van der Waals surface area (Å²) in [6.45, 7) is 7.66. The molecule has 2 aliphatic heterocycles. The van der Waals surface area contributed by atoms with E-state index in [0.717, 1.165) is 24.1 Å². The first-order chi connectivity index (χ1) is 24.1. The Morgan fingerprint density at radius 2 is 1.41 bits per heavy atom. The predicted molar refractivity (Wildman–Crippen MR) is 197 cm³/mol. The summed E-state index contributed by atoms with van der Waals surface area (Å²) in [5.74, 6) is 0. The molecule has 4 nitrogen and oxygen atoms in total. The van der Waals surface area contributed by atoms with Crippen molar-refractivity contribution in [2.45, 2.75) is 45.3 Å². The van der Waals surface area contributed by atoms with Crippen molar-refractivity contribution in [2.75, 3.05) is 6.54 Å². The first-order valence-corrected chi connectivity index (χ1v) is 17.4. The number of aryl methyl sites for hydroxylation is 2. The Labute approximate surface area is 287 Å². The molecule has 3 atom stereocenters. The molecular formula is C45H40N3O+3. The lowest BCUT2D eigenvalue weighted by Gasteiger charge is -2.23.